The molecule has 1 aromatic heterocycles. The molecule has 2 rings (SSSR count). The van der Waals surface area contributed by atoms with Gasteiger partial charge in [0.25, 0.3) is 5.91 Å². The predicted octanol–water partition coefficient (Wildman–Crippen LogP) is 2.51. The Kier molecular flexibility index (Phi) is 6.04. The van der Waals surface area contributed by atoms with Gasteiger partial charge in [-0.15, -0.1) is 0 Å². The Morgan fingerprint density at radius 2 is 2.12 bits per heavy atom. The molecule has 0 aliphatic carbocycles. The van der Waals surface area contributed by atoms with Gasteiger partial charge in [-0.2, -0.15) is 0 Å². The second kappa shape index (κ2) is 7.83. The second-order valence-corrected chi connectivity index (χ2v) is 7.32. The van der Waals surface area contributed by atoms with E-state index >= 15 is 0 Å². The summed E-state index contributed by atoms with van der Waals surface area (Å²) in [6, 6.07) is 1.68. The first-order valence-electron chi connectivity index (χ1n) is 8.52. The minimum Gasteiger partial charge on any atom is -0.469 e. The summed E-state index contributed by atoms with van der Waals surface area (Å²) in [5.74, 6) is 0.424. The van der Waals surface area contributed by atoms with Crippen molar-refractivity contribution in [2.75, 3.05) is 19.7 Å². The Hall–Kier alpha value is -1.82. The highest BCUT2D eigenvalue weighted by Gasteiger charge is 2.26. The lowest BCUT2D eigenvalue weighted by molar-refractivity contribution is -0.122. The molecule has 1 aliphatic heterocycles. The first-order valence-corrected chi connectivity index (χ1v) is 8.52. The molecule has 1 N–H and O–H groups in total. The van der Waals surface area contributed by atoms with Crippen LogP contribution in [0.5, 0.6) is 0 Å². The van der Waals surface area contributed by atoms with E-state index in [-0.39, 0.29) is 29.9 Å². The van der Waals surface area contributed by atoms with Crippen molar-refractivity contribution >= 4 is 11.8 Å². The number of aryl methyl sites for hydroxylation is 1. The highest BCUT2D eigenvalue weighted by Crippen LogP contribution is 2.17. The van der Waals surface area contributed by atoms with Crippen molar-refractivity contribution in [3.8, 4) is 0 Å². The minimum absolute atomic E-state index is 0.0480. The Morgan fingerprint density at radius 3 is 2.67 bits per heavy atom. The molecular weight excluding hydrogens is 308 g/mol. The van der Waals surface area contributed by atoms with Gasteiger partial charge in [0.2, 0.25) is 5.91 Å². The van der Waals surface area contributed by atoms with Gasteiger partial charge in [0.15, 0.2) is 0 Å². The standard InChI is InChI=1S/C18H28N2O4/c1-13-15(8-11-23-13)17(22)20(12-14-6-5-10-24-14)9-7-16(21)19-18(2,3)4/h8,11,14H,5-7,9-10,12H2,1-4H3,(H,19,21)/t14-/m0/s1. The molecule has 1 aromatic rings. The van der Waals surface area contributed by atoms with Crippen LogP contribution in [0.25, 0.3) is 0 Å². The fourth-order valence-corrected chi connectivity index (χ4v) is 2.80. The molecule has 1 atom stereocenters. The van der Waals surface area contributed by atoms with Crippen LogP contribution in [0.15, 0.2) is 16.7 Å². The van der Waals surface area contributed by atoms with Crippen LogP contribution in [0.1, 0.15) is 56.2 Å². The van der Waals surface area contributed by atoms with Gasteiger partial charge in [-0.25, -0.2) is 0 Å². The number of hydrogen-bond acceptors (Lipinski definition) is 4. The first-order chi connectivity index (χ1) is 11.3. The Bertz CT molecular complexity index is 568. The summed E-state index contributed by atoms with van der Waals surface area (Å²) in [6.45, 7) is 9.20. The fourth-order valence-electron chi connectivity index (χ4n) is 2.80. The summed E-state index contributed by atoms with van der Waals surface area (Å²) >= 11 is 0. The van der Waals surface area contributed by atoms with Gasteiger partial charge in [-0.3, -0.25) is 9.59 Å². The molecule has 2 heterocycles. The third-order valence-corrected chi connectivity index (χ3v) is 3.95. The molecule has 0 unspecified atom stereocenters. The number of carbonyl (C=O) groups excluding carboxylic acids is 2. The molecule has 1 saturated heterocycles. The third kappa shape index (κ3) is 5.37. The summed E-state index contributed by atoms with van der Waals surface area (Å²) < 4.78 is 10.9. The quantitative estimate of drug-likeness (QED) is 0.866. The second-order valence-electron chi connectivity index (χ2n) is 7.32. The summed E-state index contributed by atoms with van der Waals surface area (Å²) in [7, 11) is 0. The number of rotatable bonds is 6. The van der Waals surface area contributed by atoms with Gasteiger partial charge in [0, 0.05) is 31.7 Å². The van der Waals surface area contributed by atoms with Crippen LogP contribution in [-0.4, -0.2) is 48.1 Å². The van der Waals surface area contributed by atoms with Crippen LogP contribution in [0, 0.1) is 6.92 Å². The highest BCUT2D eigenvalue weighted by atomic mass is 16.5. The molecule has 6 nitrogen and oxygen atoms in total. The van der Waals surface area contributed by atoms with E-state index in [1.807, 2.05) is 20.8 Å². The number of carbonyl (C=O) groups is 2. The molecule has 0 radical (unpaired) electrons. The summed E-state index contributed by atoms with van der Waals surface area (Å²) in [5, 5.41) is 2.93. The van der Waals surface area contributed by atoms with Crippen LogP contribution >= 0.6 is 0 Å². The zero-order valence-electron chi connectivity index (χ0n) is 15.1. The van der Waals surface area contributed by atoms with E-state index in [1.165, 1.54) is 6.26 Å². The van der Waals surface area contributed by atoms with Crippen molar-refractivity contribution in [2.45, 2.75) is 58.6 Å². The van der Waals surface area contributed by atoms with Crippen molar-refractivity contribution in [3.63, 3.8) is 0 Å². The highest BCUT2D eigenvalue weighted by molar-refractivity contribution is 5.95. The Labute approximate surface area is 143 Å². The maximum absolute atomic E-state index is 12.8. The van der Waals surface area contributed by atoms with Crippen LogP contribution in [-0.2, 0) is 9.53 Å². The molecule has 24 heavy (non-hydrogen) atoms. The monoisotopic (exact) mass is 336 g/mol. The van der Waals surface area contributed by atoms with Gasteiger partial charge < -0.3 is 19.4 Å². The Balaban J connectivity index is 2.01. The lowest BCUT2D eigenvalue weighted by atomic mass is 10.1. The zero-order chi connectivity index (χ0) is 17.7. The summed E-state index contributed by atoms with van der Waals surface area (Å²) in [4.78, 5) is 26.6. The lowest BCUT2D eigenvalue weighted by Gasteiger charge is -2.26. The van der Waals surface area contributed by atoms with Crippen molar-refractivity contribution in [1.29, 1.82) is 0 Å². The van der Waals surface area contributed by atoms with E-state index in [1.54, 1.807) is 17.9 Å². The van der Waals surface area contributed by atoms with Crippen molar-refractivity contribution in [1.82, 2.24) is 10.2 Å². The lowest BCUT2D eigenvalue weighted by Crippen LogP contribution is -2.44. The third-order valence-electron chi connectivity index (χ3n) is 3.95. The predicted molar refractivity (Wildman–Crippen MR) is 90.8 cm³/mol. The van der Waals surface area contributed by atoms with Crippen LogP contribution < -0.4 is 5.32 Å². The van der Waals surface area contributed by atoms with Crippen LogP contribution in [0.2, 0.25) is 0 Å². The van der Waals surface area contributed by atoms with E-state index in [9.17, 15) is 9.59 Å². The molecule has 2 amide bonds. The van der Waals surface area contributed by atoms with Gasteiger partial charge in [0.1, 0.15) is 5.76 Å². The van der Waals surface area contributed by atoms with E-state index in [2.05, 4.69) is 5.32 Å². The molecule has 1 aliphatic rings. The van der Waals surface area contributed by atoms with E-state index in [0.29, 0.717) is 24.4 Å². The smallest absolute Gasteiger partial charge is 0.257 e. The van der Waals surface area contributed by atoms with E-state index < -0.39 is 0 Å². The molecule has 0 bridgehead atoms. The number of furan rings is 1. The van der Waals surface area contributed by atoms with Gasteiger partial charge >= 0.3 is 0 Å². The van der Waals surface area contributed by atoms with Crippen molar-refractivity contribution in [2.24, 2.45) is 0 Å². The van der Waals surface area contributed by atoms with Gasteiger partial charge in [-0.05, 0) is 46.6 Å². The Morgan fingerprint density at radius 1 is 1.38 bits per heavy atom. The minimum atomic E-state index is -0.276. The van der Waals surface area contributed by atoms with Crippen molar-refractivity contribution < 1.29 is 18.7 Å². The largest absolute Gasteiger partial charge is 0.469 e. The number of ether oxygens (including phenoxy) is 1. The maximum Gasteiger partial charge on any atom is 0.257 e. The van der Waals surface area contributed by atoms with Crippen LogP contribution in [0.3, 0.4) is 0 Å². The van der Waals surface area contributed by atoms with Crippen LogP contribution in [0.4, 0.5) is 0 Å². The molecule has 0 spiro atoms. The maximum atomic E-state index is 12.8. The molecular formula is C18H28N2O4. The summed E-state index contributed by atoms with van der Waals surface area (Å²) in [6.07, 6.45) is 3.79. The SMILES string of the molecule is Cc1occc1C(=O)N(CCC(=O)NC(C)(C)C)C[C@@H]1CCCO1. The summed E-state index contributed by atoms with van der Waals surface area (Å²) in [5.41, 5.74) is 0.269. The average Bonchev–Trinajstić information content (AvgIpc) is 3.12. The number of hydrogen-bond donors (Lipinski definition) is 1. The number of nitrogens with one attached hydrogen (secondary N) is 1. The average molecular weight is 336 g/mol. The normalized spacial score (nSPS) is 17.8. The van der Waals surface area contributed by atoms with E-state index in [0.717, 1.165) is 19.4 Å². The fraction of sp³-hybridized carbons (Fsp3) is 0.667. The number of nitrogens with zero attached hydrogens (tertiary/aromatic N) is 1. The molecule has 0 saturated carbocycles. The topological polar surface area (TPSA) is 71.8 Å². The molecule has 0 aromatic carbocycles. The molecule has 6 heteroatoms. The van der Waals surface area contributed by atoms with E-state index in [4.69, 9.17) is 9.15 Å². The molecule has 134 valence electrons. The van der Waals surface area contributed by atoms with Gasteiger partial charge in [0.05, 0.1) is 17.9 Å². The molecule has 1 fully saturated rings. The number of amides is 2. The van der Waals surface area contributed by atoms with Gasteiger partial charge in [-0.1, -0.05) is 0 Å². The zero-order valence-corrected chi connectivity index (χ0v) is 15.1. The van der Waals surface area contributed by atoms with Crippen molar-refractivity contribution in [3.05, 3.63) is 23.7 Å². The first kappa shape index (κ1) is 18.5.